The summed E-state index contributed by atoms with van der Waals surface area (Å²) < 4.78 is 9.28. The molecule has 74 heavy (non-hydrogen) atoms. The van der Waals surface area contributed by atoms with E-state index in [1.54, 1.807) is 0 Å². The second-order valence-corrected chi connectivity index (χ2v) is 18.9. The number of aromatic nitrogens is 5. The Bertz CT molecular complexity index is 4430. The molecular weight excluding hydrogens is 903 g/mol. The molecule has 15 rings (SSSR count). The molecule has 0 saturated carbocycles. The van der Waals surface area contributed by atoms with Crippen molar-refractivity contribution in [2.45, 2.75) is 0 Å². The lowest BCUT2D eigenvalue weighted by Crippen LogP contribution is -2.10. The molecule has 10 aromatic carbocycles. The van der Waals surface area contributed by atoms with Crippen molar-refractivity contribution in [1.29, 1.82) is 5.26 Å². The van der Waals surface area contributed by atoms with Crippen LogP contribution in [0.3, 0.4) is 0 Å². The van der Waals surface area contributed by atoms with E-state index in [0.717, 1.165) is 121 Å². The Labute approximate surface area is 424 Å². The van der Waals surface area contributed by atoms with Crippen LogP contribution in [0, 0.1) is 17.9 Å². The van der Waals surface area contributed by atoms with Gasteiger partial charge in [-0.15, -0.1) is 0 Å². The van der Waals surface area contributed by atoms with Crippen LogP contribution in [0.4, 0.5) is 5.69 Å². The molecule has 0 aliphatic heterocycles. The summed E-state index contributed by atoms with van der Waals surface area (Å²) in [4.78, 5) is 10.3. The quantitative estimate of drug-likeness (QED) is 0.156. The molecule has 5 heterocycles. The van der Waals surface area contributed by atoms with Gasteiger partial charge in [0, 0.05) is 59.8 Å². The molecule has 15 aromatic rings. The maximum atomic E-state index is 10.9. The molecule has 0 bridgehead atoms. The first-order valence-corrected chi connectivity index (χ1v) is 24.7. The number of benzene rings is 10. The maximum absolute atomic E-state index is 10.9. The second-order valence-electron chi connectivity index (χ2n) is 18.9. The summed E-state index contributed by atoms with van der Waals surface area (Å²) in [5, 5.41) is 19.8. The zero-order chi connectivity index (χ0) is 49.0. The van der Waals surface area contributed by atoms with Gasteiger partial charge in [-0.25, -0.2) is 9.83 Å². The van der Waals surface area contributed by atoms with Gasteiger partial charge in [-0.05, 0) is 90.5 Å². The fourth-order valence-corrected chi connectivity index (χ4v) is 11.9. The lowest BCUT2D eigenvalue weighted by molar-refractivity contribution is 1.02. The van der Waals surface area contributed by atoms with Crippen molar-refractivity contribution in [2.24, 2.45) is 0 Å². The first-order chi connectivity index (χ1) is 36.7. The summed E-state index contributed by atoms with van der Waals surface area (Å²) in [6.45, 7) is 8.52. The summed E-state index contributed by atoms with van der Waals surface area (Å²) >= 11 is 0. The van der Waals surface area contributed by atoms with Gasteiger partial charge in [-0.2, -0.15) is 5.26 Å². The van der Waals surface area contributed by atoms with Crippen LogP contribution >= 0.6 is 0 Å². The summed E-state index contributed by atoms with van der Waals surface area (Å²) in [6, 6.07) is 85.2. The van der Waals surface area contributed by atoms with Crippen molar-refractivity contribution >= 4 is 92.9 Å². The minimum atomic E-state index is 0.503. The number of fused-ring (bicyclic) bond motifs is 12. The molecule has 7 heteroatoms. The Morgan fingerprint density at radius 1 is 0.324 bits per heavy atom. The van der Waals surface area contributed by atoms with Gasteiger partial charge >= 0.3 is 0 Å². The first-order valence-electron chi connectivity index (χ1n) is 24.7. The Hall–Kier alpha value is -10.5. The molecule has 0 saturated heterocycles. The SMILES string of the molecule is [C-]#[N+]c1ccc(-n2c3ccccc3c3ccccc32)c(-c2cc(-c3cc(C#N)ccc3-n3c4ccccc4c4ccccc43)c(-n3c4ccccc4c4ccccc43)nc2-n2c3ccccc3c3ccccc32)c1. The zero-order valence-corrected chi connectivity index (χ0v) is 39.6. The number of para-hydroxylation sites is 8. The third-order valence-corrected chi connectivity index (χ3v) is 15.0. The Morgan fingerprint density at radius 2 is 0.622 bits per heavy atom. The van der Waals surface area contributed by atoms with Crippen LogP contribution in [-0.2, 0) is 0 Å². The molecule has 0 N–H and O–H groups in total. The van der Waals surface area contributed by atoms with Crippen LogP contribution in [0.5, 0.6) is 0 Å². The van der Waals surface area contributed by atoms with Gasteiger partial charge < -0.3 is 9.13 Å². The van der Waals surface area contributed by atoms with E-state index in [0.29, 0.717) is 22.9 Å². The second kappa shape index (κ2) is 16.0. The normalized spacial score (nSPS) is 11.8. The minimum absolute atomic E-state index is 0.503. The third-order valence-electron chi connectivity index (χ3n) is 15.0. The van der Waals surface area contributed by atoms with E-state index in [1.807, 2.05) is 24.3 Å². The van der Waals surface area contributed by atoms with Crippen LogP contribution in [-0.4, -0.2) is 23.3 Å². The molecule has 0 aliphatic carbocycles. The molecule has 0 radical (unpaired) electrons. The van der Waals surface area contributed by atoms with Crippen molar-refractivity contribution in [3.63, 3.8) is 0 Å². The minimum Gasteiger partial charge on any atom is -0.309 e. The number of nitriles is 1. The molecule has 0 spiro atoms. The van der Waals surface area contributed by atoms with Crippen molar-refractivity contribution in [3.05, 3.63) is 254 Å². The van der Waals surface area contributed by atoms with Gasteiger partial charge in [-0.3, -0.25) is 9.13 Å². The standard InChI is InChI=1S/C67H39N7/c1-69-43-35-37-65(72-58-28-12-4-20-46(58)47-21-5-13-29-59(47)72)53(39-43)55-40-54(52-38-42(41-68)34-36-64(52)71-56-26-10-2-18-44(56)45-19-3-11-27-57(45)71)66(73-60-30-14-6-22-48(60)49-23-7-15-31-61(49)73)70-67(55)74-62-32-16-8-24-50(62)51-25-9-17-33-63(51)74/h2-40H. The molecule has 0 unspecified atom stereocenters. The Morgan fingerprint density at radius 3 is 0.946 bits per heavy atom. The molecule has 5 aromatic heterocycles. The van der Waals surface area contributed by atoms with Crippen LogP contribution in [0.15, 0.2) is 237 Å². The highest BCUT2D eigenvalue weighted by Crippen LogP contribution is 2.47. The van der Waals surface area contributed by atoms with Crippen molar-refractivity contribution < 1.29 is 0 Å². The summed E-state index contributed by atoms with van der Waals surface area (Å²) in [5.74, 6) is 1.39. The monoisotopic (exact) mass is 941 g/mol. The summed E-state index contributed by atoms with van der Waals surface area (Å²) in [5.41, 5.74) is 14.3. The molecular formula is C67H39N7. The molecule has 0 fully saturated rings. The van der Waals surface area contributed by atoms with Gasteiger partial charge in [0.15, 0.2) is 5.69 Å². The van der Waals surface area contributed by atoms with E-state index >= 15 is 0 Å². The highest BCUT2D eigenvalue weighted by molar-refractivity contribution is 6.14. The molecule has 0 aliphatic rings. The first kappa shape index (κ1) is 41.3. The number of pyridine rings is 1. The van der Waals surface area contributed by atoms with Gasteiger partial charge in [0.25, 0.3) is 0 Å². The molecule has 0 atom stereocenters. The van der Waals surface area contributed by atoms with E-state index in [2.05, 4.69) is 242 Å². The maximum Gasteiger partial charge on any atom is 0.188 e. The van der Waals surface area contributed by atoms with Crippen LogP contribution in [0.2, 0.25) is 0 Å². The largest absolute Gasteiger partial charge is 0.309 e. The number of nitrogens with zero attached hydrogens (tertiary/aromatic N) is 7. The van der Waals surface area contributed by atoms with Crippen LogP contribution in [0.1, 0.15) is 5.56 Å². The van der Waals surface area contributed by atoms with E-state index in [-0.39, 0.29) is 0 Å². The fourth-order valence-electron chi connectivity index (χ4n) is 11.9. The molecule has 342 valence electrons. The van der Waals surface area contributed by atoms with E-state index in [4.69, 9.17) is 11.6 Å². The van der Waals surface area contributed by atoms with Crippen LogP contribution in [0.25, 0.3) is 137 Å². The summed E-state index contributed by atoms with van der Waals surface area (Å²) in [6.07, 6.45) is 0. The molecule has 0 amide bonds. The Balaban J connectivity index is 1.18. The lowest BCUT2D eigenvalue weighted by atomic mass is 9.95. The van der Waals surface area contributed by atoms with Gasteiger partial charge in [0.05, 0.1) is 73.7 Å². The van der Waals surface area contributed by atoms with Gasteiger partial charge in [-0.1, -0.05) is 152 Å². The van der Waals surface area contributed by atoms with E-state index < -0.39 is 0 Å². The van der Waals surface area contributed by atoms with Crippen molar-refractivity contribution in [3.8, 4) is 51.3 Å². The van der Waals surface area contributed by atoms with Crippen LogP contribution < -0.4 is 0 Å². The van der Waals surface area contributed by atoms with E-state index in [1.165, 1.54) is 0 Å². The number of hydrogen-bond donors (Lipinski definition) is 0. The number of rotatable bonds is 6. The Kier molecular flexibility index (Phi) is 8.95. The van der Waals surface area contributed by atoms with Crippen molar-refractivity contribution in [2.75, 3.05) is 0 Å². The third kappa shape index (κ3) is 5.90. The zero-order valence-electron chi connectivity index (χ0n) is 39.6. The predicted molar refractivity (Wildman–Crippen MR) is 303 cm³/mol. The van der Waals surface area contributed by atoms with Crippen molar-refractivity contribution in [1.82, 2.24) is 23.3 Å². The fraction of sp³-hybridized carbons (Fsp3) is 0. The average molecular weight is 942 g/mol. The lowest BCUT2D eigenvalue weighted by Gasteiger charge is -2.23. The average Bonchev–Trinajstić information content (AvgIpc) is 4.21. The van der Waals surface area contributed by atoms with Gasteiger partial charge in [0.2, 0.25) is 0 Å². The number of hydrogen-bond acceptors (Lipinski definition) is 2. The van der Waals surface area contributed by atoms with E-state index in [9.17, 15) is 5.26 Å². The molecule has 7 nitrogen and oxygen atoms in total. The highest BCUT2D eigenvalue weighted by atomic mass is 15.1. The highest BCUT2D eigenvalue weighted by Gasteiger charge is 2.28. The topological polar surface area (TPSA) is 60.8 Å². The smallest absolute Gasteiger partial charge is 0.188 e. The summed E-state index contributed by atoms with van der Waals surface area (Å²) in [7, 11) is 0. The van der Waals surface area contributed by atoms with Gasteiger partial charge in [0.1, 0.15) is 11.6 Å². The predicted octanol–water partition coefficient (Wildman–Crippen LogP) is 17.2.